The van der Waals surface area contributed by atoms with Gasteiger partial charge in [-0.3, -0.25) is 14.9 Å². The van der Waals surface area contributed by atoms with Gasteiger partial charge in [0.2, 0.25) is 5.91 Å². The number of rotatable bonds is 6. The van der Waals surface area contributed by atoms with Crippen LogP contribution in [-0.2, 0) is 16.1 Å². The second kappa shape index (κ2) is 8.39. The van der Waals surface area contributed by atoms with Gasteiger partial charge in [0, 0.05) is 24.8 Å². The van der Waals surface area contributed by atoms with E-state index < -0.39 is 10.9 Å². The molecular weight excluding hydrogens is 324 g/mol. The van der Waals surface area contributed by atoms with Crippen LogP contribution >= 0.6 is 0 Å². The predicted octanol–water partition coefficient (Wildman–Crippen LogP) is 2.71. The fraction of sp³-hybridized carbons (Fsp3) is 0.111. The van der Waals surface area contributed by atoms with Crippen molar-refractivity contribution in [3.63, 3.8) is 0 Å². The maximum absolute atomic E-state index is 11.8. The van der Waals surface area contributed by atoms with Crippen molar-refractivity contribution in [2.24, 2.45) is 0 Å². The number of carbonyl (C=O) groups is 2. The average molecular weight is 340 g/mol. The van der Waals surface area contributed by atoms with Gasteiger partial charge in [-0.1, -0.05) is 24.3 Å². The summed E-state index contributed by atoms with van der Waals surface area (Å²) in [5.41, 5.74) is 1.79. The fourth-order valence-electron chi connectivity index (χ4n) is 2.04. The maximum atomic E-state index is 11.8. The van der Waals surface area contributed by atoms with Gasteiger partial charge in [0.15, 0.2) is 0 Å². The summed E-state index contributed by atoms with van der Waals surface area (Å²) in [4.78, 5) is 33.4. The van der Waals surface area contributed by atoms with Gasteiger partial charge < -0.3 is 10.1 Å². The Labute approximate surface area is 144 Å². The molecule has 0 radical (unpaired) electrons. The number of nitro groups is 1. The van der Waals surface area contributed by atoms with Crippen LogP contribution in [0.1, 0.15) is 21.5 Å². The normalized spacial score (nSPS) is 10.4. The number of esters is 1. The molecule has 2 aromatic rings. The lowest BCUT2D eigenvalue weighted by atomic mass is 10.1. The van der Waals surface area contributed by atoms with Crippen molar-refractivity contribution in [1.29, 1.82) is 0 Å². The van der Waals surface area contributed by atoms with E-state index >= 15 is 0 Å². The fourth-order valence-corrected chi connectivity index (χ4v) is 2.04. The Morgan fingerprint density at radius 1 is 1.20 bits per heavy atom. The Bertz CT molecular complexity index is 812. The van der Waals surface area contributed by atoms with Gasteiger partial charge in [0.05, 0.1) is 17.6 Å². The Morgan fingerprint density at radius 2 is 1.92 bits per heavy atom. The number of hydrogen-bond acceptors (Lipinski definition) is 5. The van der Waals surface area contributed by atoms with E-state index in [0.29, 0.717) is 17.7 Å². The SMILES string of the molecule is COC(=O)c1ccc(CNC(=O)/C=C/c2cccc([N+](=O)[O-])c2)cc1. The summed E-state index contributed by atoms with van der Waals surface area (Å²) in [6.07, 6.45) is 2.81. The molecule has 0 aliphatic carbocycles. The molecule has 0 spiro atoms. The zero-order valence-electron chi connectivity index (χ0n) is 13.5. The number of benzene rings is 2. The van der Waals surface area contributed by atoms with Crippen molar-refractivity contribution in [2.75, 3.05) is 7.11 Å². The van der Waals surface area contributed by atoms with E-state index in [1.807, 2.05) is 0 Å². The number of nitrogens with zero attached hydrogens (tertiary/aromatic N) is 1. The maximum Gasteiger partial charge on any atom is 0.337 e. The average Bonchev–Trinajstić information content (AvgIpc) is 2.64. The van der Waals surface area contributed by atoms with Crippen molar-refractivity contribution < 1.29 is 19.2 Å². The molecule has 0 saturated carbocycles. The first kappa shape index (κ1) is 17.9. The predicted molar refractivity (Wildman–Crippen MR) is 91.8 cm³/mol. The standard InChI is InChI=1S/C18H16N2O5/c1-25-18(22)15-8-5-14(6-9-15)12-19-17(21)10-7-13-3-2-4-16(11-13)20(23)24/h2-11H,12H2,1H3,(H,19,21)/b10-7+. The molecule has 0 aliphatic heterocycles. The number of non-ortho nitro benzene ring substituents is 1. The highest BCUT2D eigenvalue weighted by molar-refractivity contribution is 5.92. The number of nitro benzene ring substituents is 1. The van der Waals surface area contributed by atoms with E-state index in [-0.39, 0.29) is 11.6 Å². The topological polar surface area (TPSA) is 98.5 Å². The molecule has 0 fully saturated rings. The molecule has 7 heteroatoms. The van der Waals surface area contributed by atoms with Gasteiger partial charge in [0.1, 0.15) is 0 Å². The van der Waals surface area contributed by atoms with Gasteiger partial charge in [-0.15, -0.1) is 0 Å². The Hall–Kier alpha value is -3.48. The van der Waals surface area contributed by atoms with E-state index in [4.69, 9.17) is 0 Å². The summed E-state index contributed by atoms with van der Waals surface area (Å²) >= 11 is 0. The number of methoxy groups -OCH3 is 1. The van der Waals surface area contributed by atoms with E-state index in [2.05, 4.69) is 10.1 Å². The van der Waals surface area contributed by atoms with Crippen LogP contribution in [0.15, 0.2) is 54.6 Å². The quantitative estimate of drug-likeness (QED) is 0.377. The summed E-state index contributed by atoms with van der Waals surface area (Å²) in [5.74, 6) is -0.751. The highest BCUT2D eigenvalue weighted by atomic mass is 16.6. The van der Waals surface area contributed by atoms with Crippen molar-refractivity contribution >= 4 is 23.6 Å². The minimum Gasteiger partial charge on any atom is -0.465 e. The molecule has 0 unspecified atom stereocenters. The lowest BCUT2D eigenvalue weighted by molar-refractivity contribution is -0.384. The molecular formula is C18H16N2O5. The van der Waals surface area contributed by atoms with Crippen molar-refractivity contribution in [3.05, 3.63) is 81.4 Å². The molecule has 2 rings (SSSR count). The van der Waals surface area contributed by atoms with Crippen LogP contribution in [-0.4, -0.2) is 23.9 Å². The molecule has 1 amide bonds. The highest BCUT2D eigenvalue weighted by Crippen LogP contribution is 2.14. The molecule has 0 aliphatic rings. The molecule has 7 nitrogen and oxygen atoms in total. The smallest absolute Gasteiger partial charge is 0.337 e. The van der Waals surface area contributed by atoms with Crippen molar-refractivity contribution in [3.8, 4) is 0 Å². The molecule has 0 atom stereocenters. The third-order valence-corrected chi connectivity index (χ3v) is 3.35. The van der Waals surface area contributed by atoms with Gasteiger partial charge in [-0.2, -0.15) is 0 Å². The molecule has 25 heavy (non-hydrogen) atoms. The highest BCUT2D eigenvalue weighted by Gasteiger charge is 2.05. The minimum atomic E-state index is -0.491. The number of hydrogen-bond donors (Lipinski definition) is 1. The van der Waals surface area contributed by atoms with Gasteiger partial charge in [-0.25, -0.2) is 4.79 Å². The van der Waals surface area contributed by atoms with E-state index in [1.165, 1.54) is 31.4 Å². The lowest BCUT2D eigenvalue weighted by Gasteiger charge is -2.04. The number of amides is 1. The number of carbonyl (C=O) groups excluding carboxylic acids is 2. The minimum absolute atomic E-state index is 0.0340. The van der Waals surface area contributed by atoms with Crippen LogP contribution in [0.4, 0.5) is 5.69 Å². The molecule has 2 aromatic carbocycles. The summed E-state index contributed by atoms with van der Waals surface area (Å²) in [6.45, 7) is 0.291. The van der Waals surface area contributed by atoms with E-state index in [1.54, 1.807) is 36.4 Å². The second-order valence-corrected chi connectivity index (χ2v) is 5.09. The Kier molecular flexibility index (Phi) is 6.00. The molecule has 0 heterocycles. The first-order valence-corrected chi connectivity index (χ1v) is 7.37. The van der Waals surface area contributed by atoms with E-state index in [9.17, 15) is 19.7 Å². The first-order chi connectivity index (χ1) is 12.0. The molecule has 128 valence electrons. The van der Waals surface area contributed by atoms with Crippen LogP contribution in [0.25, 0.3) is 6.08 Å². The second-order valence-electron chi connectivity index (χ2n) is 5.09. The molecule has 0 bridgehead atoms. The monoisotopic (exact) mass is 340 g/mol. The zero-order valence-corrected chi connectivity index (χ0v) is 13.5. The van der Waals surface area contributed by atoms with Crippen LogP contribution < -0.4 is 5.32 Å². The summed E-state index contributed by atoms with van der Waals surface area (Å²) in [7, 11) is 1.31. The third-order valence-electron chi connectivity index (χ3n) is 3.35. The van der Waals surface area contributed by atoms with Crippen molar-refractivity contribution in [1.82, 2.24) is 5.32 Å². The van der Waals surface area contributed by atoms with Crippen LogP contribution in [0.2, 0.25) is 0 Å². The summed E-state index contributed by atoms with van der Waals surface area (Å²) < 4.78 is 4.61. The summed E-state index contributed by atoms with van der Waals surface area (Å²) in [6, 6.07) is 12.7. The third kappa shape index (κ3) is 5.28. The first-order valence-electron chi connectivity index (χ1n) is 7.37. The number of nitrogens with one attached hydrogen (secondary N) is 1. The van der Waals surface area contributed by atoms with E-state index in [0.717, 1.165) is 5.56 Å². The van der Waals surface area contributed by atoms with Gasteiger partial charge in [0.25, 0.3) is 5.69 Å². The van der Waals surface area contributed by atoms with Crippen LogP contribution in [0.3, 0.4) is 0 Å². The molecule has 0 aromatic heterocycles. The Balaban J connectivity index is 1.91. The van der Waals surface area contributed by atoms with Gasteiger partial charge in [-0.05, 0) is 29.3 Å². The summed E-state index contributed by atoms with van der Waals surface area (Å²) in [5, 5.41) is 13.4. The van der Waals surface area contributed by atoms with Gasteiger partial charge >= 0.3 is 5.97 Å². The zero-order chi connectivity index (χ0) is 18.2. The largest absolute Gasteiger partial charge is 0.465 e. The molecule has 0 saturated heterocycles. The van der Waals surface area contributed by atoms with Crippen molar-refractivity contribution in [2.45, 2.75) is 6.54 Å². The van der Waals surface area contributed by atoms with Crippen LogP contribution in [0, 0.1) is 10.1 Å². The molecule has 1 N–H and O–H groups in total. The lowest BCUT2D eigenvalue weighted by Crippen LogP contribution is -2.20. The Morgan fingerprint density at radius 3 is 2.56 bits per heavy atom. The van der Waals surface area contributed by atoms with Crippen LogP contribution in [0.5, 0.6) is 0 Å². The number of ether oxygens (including phenoxy) is 1.